The summed E-state index contributed by atoms with van der Waals surface area (Å²) >= 11 is 0. The van der Waals surface area contributed by atoms with E-state index in [1.54, 1.807) is 13.3 Å². The van der Waals surface area contributed by atoms with Crippen LogP contribution in [0, 0.1) is 0 Å². The van der Waals surface area contributed by atoms with Crippen LogP contribution in [-0.4, -0.2) is 37.6 Å². The van der Waals surface area contributed by atoms with Crippen molar-refractivity contribution in [2.45, 2.75) is 6.04 Å². The third kappa shape index (κ3) is 3.86. The Morgan fingerprint density at radius 3 is 2.52 bits per heavy atom. The van der Waals surface area contributed by atoms with Crippen LogP contribution in [0.5, 0.6) is 5.75 Å². The van der Waals surface area contributed by atoms with Crippen molar-refractivity contribution in [3.63, 3.8) is 0 Å². The summed E-state index contributed by atoms with van der Waals surface area (Å²) in [6.45, 7) is 0. The van der Waals surface area contributed by atoms with Crippen molar-refractivity contribution in [1.29, 1.82) is 0 Å². The zero-order chi connectivity index (χ0) is 20.2. The first-order valence-electron chi connectivity index (χ1n) is 9.05. The topological polar surface area (TPSA) is 86.9 Å². The van der Waals surface area contributed by atoms with Crippen LogP contribution < -0.4 is 10.1 Å². The molecule has 1 atom stereocenters. The summed E-state index contributed by atoms with van der Waals surface area (Å²) in [5.74, 6) is 1.11. The molecule has 146 valence electrons. The maximum atomic E-state index is 12.9. The van der Waals surface area contributed by atoms with E-state index >= 15 is 0 Å². The van der Waals surface area contributed by atoms with Crippen LogP contribution in [0.4, 0.5) is 0 Å². The highest BCUT2D eigenvalue weighted by Gasteiger charge is 2.23. The van der Waals surface area contributed by atoms with Crippen LogP contribution in [0.3, 0.4) is 0 Å². The van der Waals surface area contributed by atoms with Gasteiger partial charge in [-0.3, -0.25) is 4.79 Å². The summed E-state index contributed by atoms with van der Waals surface area (Å²) in [4.78, 5) is 18.8. The molecule has 0 aliphatic rings. The van der Waals surface area contributed by atoms with Crippen molar-refractivity contribution in [1.82, 2.24) is 29.9 Å². The molecule has 0 saturated heterocycles. The lowest BCUT2D eigenvalue weighted by atomic mass is 10.1. The quantitative estimate of drug-likeness (QED) is 0.548. The zero-order valence-electron chi connectivity index (χ0n) is 16.1. The van der Waals surface area contributed by atoms with Gasteiger partial charge in [0.2, 0.25) is 0 Å². The third-order valence-corrected chi connectivity index (χ3v) is 4.55. The average Bonchev–Trinajstić information content (AvgIpc) is 3.42. The number of benzene rings is 2. The molecule has 1 amide bonds. The fourth-order valence-electron chi connectivity index (χ4n) is 3.01. The number of carbonyl (C=O) groups is 1. The minimum atomic E-state index is -0.449. The van der Waals surface area contributed by atoms with Crippen LogP contribution in [0.2, 0.25) is 0 Å². The van der Waals surface area contributed by atoms with Gasteiger partial charge in [0.05, 0.1) is 19.0 Å². The Hall–Kier alpha value is -3.94. The van der Waals surface area contributed by atoms with Gasteiger partial charge in [-0.2, -0.15) is 9.90 Å². The summed E-state index contributed by atoms with van der Waals surface area (Å²) in [6.07, 6.45) is 4.99. The minimum absolute atomic E-state index is 0.224. The number of nitrogens with one attached hydrogen (secondary N) is 1. The summed E-state index contributed by atoms with van der Waals surface area (Å²) in [5.41, 5.74) is 1.88. The number of aromatic nitrogens is 5. The number of carbonyl (C=O) groups excluding carboxylic acids is 1. The fraction of sp³-hybridized carbons (Fsp3) is 0.143. The summed E-state index contributed by atoms with van der Waals surface area (Å²) in [7, 11) is 3.50. The van der Waals surface area contributed by atoms with Gasteiger partial charge in [-0.05, 0) is 29.8 Å². The molecule has 0 bridgehead atoms. The number of para-hydroxylation sites is 1. The molecule has 0 saturated carbocycles. The van der Waals surface area contributed by atoms with Crippen molar-refractivity contribution in [2.75, 3.05) is 7.11 Å². The van der Waals surface area contributed by atoms with Crippen molar-refractivity contribution < 1.29 is 9.53 Å². The summed E-state index contributed by atoms with van der Waals surface area (Å²) < 4.78 is 7.10. The molecule has 2 aromatic carbocycles. The van der Waals surface area contributed by atoms with E-state index in [2.05, 4.69) is 20.5 Å². The molecule has 29 heavy (non-hydrogen) atoms. The predicted octanol–water partition coefficient (Wildman–Crippen LogP) is 2.53. The Bertz CT molecular complexity index is 1100. The van der Waals surface area contributed by atoms with Gasteiger partial charge in [-0.1, -0.05) is 30.3 Å². The number of imidazole rings is 1. The number of methoxy groups -OCH3 is 1. The first-order valence-corrected chi connectivity index (χ1v) is 9.05. The second-order valence-corrected chi connectivity index (χ2v) is 6.43. The van der Waals surface area contributed by atoms with E-state index in [-0.39, 0.29) is 11.6 Å². The highest BCUT2D eigenvalue weighted by molar-refractivity contribution is 5.92. The molecule has 0 radical (unpaired) electrons. The van der Waals surface area contributed by atoms with Crippen molar-refractivity contribution in [3.8, 4) is 11.4 Å². The number of amides is 1. The first kappa shape index (κ1) is 18.4. The van der Waals surface area contributed by atoms with E-state index < -0.39 is 6.04 Å². The lowest BCUT2D eigenvalue weighted by Crippen LogP contribution is -2.31. The Balaban J connectivity index is 1.61. The highest BCUT2D eigenvalue weighted by Crippen LogP contribution is 2.23. The normalized spacial score (nSPS) is 11.8. The Morgan fingerprint density at radius 2 is 1.86 bits per heavy atom. The fourth-order valence-corrected chi connectivity index (χ4v) is 3.01. The van der Waals surface area contributed by atoms with Crippen LogP contribution in [0.15, 0.2) is 73.2 Å². The van der Waals surface area contributed by atoms with E-state index in [4.69, 9.17) is 4.74 Å². The smallest absolute Gasteiger partial charge is 0.274 e. The van der Waals surface area contributed by atoms with Gasteiger partial charge in [0, 0.05) is 19.4 Å². The van der Waals surface area contributed by atoms with Gasteiger partial charge in [-0.25, -0.2) is 4.98 Å². The maximum Gasteiger partial charge on any atom is 0.274 e. The summed E-state index contributed by atoms with van der Waals surface area (Å²) in [5, 5.41) is 11.5. The summed E-state index contributed by atoms with van der Waals surface area (Å²) in [6, 6.07) is 16.5. The second kappa shape index (κ2) is 7.97. The number of ether oxygens (including phenoxy) is 1. The molecule has 2 heterocycles. The molecule has 1 N–H and O–H groups in total. The van der Waals surface area contributed by atoms with Gasteiger partial charge in [0.15, 0.2) is 5.69 Å². The van der Waals surface area contributed by atoms with Crippen molar-refractivity contribution >= 4 is 5.91 Å². The molecule has 0 fully saturated rings. The first-order chi connectivity index (χ1) is 14.2. The highest BCUT2D eigenvalue weighted by atomic mass is 16.5. The van der Waals surface area contributed by atoms with Crippen LogP contribution in [0.1, 0.15) is 27.9 Å². The Labute approximate surface area is 167 Å². The molecule has 0 spiro atoms. The molecule has 8 nitrogen and oxygen atoms in total. The second-order valence-electron chi connectivity index (χ2n) is 6.43. The van der Waals surface area contributed by atoms with Gasteiger partial charge < -0.3 is 14.6 Å². The SMILES string of the molecule is COc1ccc(C(NC(=O)c2cnn(-c3ccccc3)n2)c2nccn2C)cc1. The number of hydrogen-bond donors (Lipinski definition) is 1. The van der Waals surface area contributed by atoms with Gasteiger partial charge in [0.1, 0.15) is 17.6 Å². The molecule has 0 aliphatic heterocycles. The van der Waals surface area contributed by atoms with Crippen LogP contribution in [-0.2, 0) is 7.05 Å². The third-order valence-electron chi connectivity index (χ3n) is 4.55. The lowest BCUT2D eigenvalue weighted by molar-refractivity contribution is 0.0935. The number of hydrogen-bond acceptors (Lipinski definition) is 5. The molecular weight excluding hydrogens is 368 g/mol. The van der Waals surface area contributed by atoms with Crippen LogP contribution in [0.25, 0.3) is 5.69 Å². The minimum Gasteiger partial charge on any atom is -0.497 e. The lowest BCUT2D eigenvalue weighted by Gasteiger charge is -2.19. The van der Waals surface area contributed by atoms with Crippen LogP contribution >= 0.6 is 0 Å². The van der Waals surface area contributed by atoms with Crippen molar-refractivity contribution in [2.24, 2.45) is 7.05 Å². The standard InChI is InChI=1S/C21H20N6O2/c1-26-13-12-22-20(26)19(15-8-10-17(29-2)11-9-15)24-21(28)18-14-23-27(25-18)16-6-4-3-5-7-16/h3-14,19H,1-2H3,(H,24,28). The average molecular weight is 388 g/mol. The molecule has 4 aromatic rings. The Morgan fingerprint density at radius 1 is 1.10 bits per heavy atom. The van der Waals surface area contributed by atoms with E-state index in [9.17, 15) is 4.79 Å². The van der Waals surface area contributed by atoms with Crippen molar-refractivity contribution in [3.05, 3.63) is 90.3 Å². The van der Waals surface area contributed by atoms with E-state index in [0.29, 0.717) is 5.82 Å². The molecule has 4 rings (SSSR count). The molecule has 8 heteroatoms. The predicted molar refractivity (Wildman–Crippen MR) is 107 cm³/mol. The van der Waals surface area contributed by atoms with Gasteiger partial charge in [0.25, 0.3) is 5.91 Å². The molecule has 2 aromatic heterocycles. The Kier molecular flexibility index (Phi) is 5.07. The number of rotatable bonds is 6. The molecule has 0 aliphatic carbocycles. The van der Waals surface area contributed by atoms with E-state index in [0.717, 1.165) is 17.0 Å². The number of aryl methyl sites for hydroxylation is 1. The van der Waals surface area contributed by atoms with Gasteiger partial charge >= 0.3 is 0 Å². The molecular formula is C21H20N6O2. The number of nitrogens with zero attached hydrogens (tertiary/aromatic N) is 5. The maximum absolute atomic E-state index is 12.9. The van der Waals surface area contributed by atoms with E-state index in [1.165, 1.54) is 11.0 Å². The zero-order valence-corrected chi connectivity index (χ0v) is 16.1. The molecule has 1 unspecified atom stereocenters. The van der Waals surface area contributed by atoms with Gasteiger partial charge in [-0.15, -0.1) is 5.10 Å². The van der Waals surface area contributed by atoms with E-state index in [1.807, 2.05) is 72.4 Å². The monoisotopic (exact) mass is 388 g/mol. The largest absolute Gasteiger partial charge is 0.497 e.